The molecule has 1 N–H and O–H groups in total. The van der Waals surface area contributed by atoms with Crippen molar-refractivity contribution in [2.24, 2.45) is 5.41 Å². The molecule has 1 aliphatic rings. The van der Waals surface area contributed by atoms with Gasteiger partial charge in [-0.15, -0.1) is 0 Å². The van der Waals surface area contributed by atoms with Crippen LogP contribution in [-0.4, -0.2) is 83.8 Å². The molecule has 0 atom stereocenters. The molecule has 0 amide bonds. The van der Waals surface area contributed by atoms with Gasteiger partial charge in [0, 0.05) is 74.5 Å². The van der Waals surface area contributed by atoms with Crippen molar-refractivity contribution in [1.82, 2.24) is 19.5 Å². The van der Waals surface area contributed by atoms with Crippen molar-refractivity contribution in [3.63, 3.8) is 0 Å². The van der Waals surface area contributed by atoms with Crippen LogP contribution in [-0.2, 0) is 16.6 Å². The van der Waals surface area contributed by atoms with Gasteiger partial charge in [0.2, 0.25) is 15.8 Å². The summed E-state index contributed by atoms with van der Waals surface area (Å²) in [6, 6.07) is 11.0. The SMILES string of the molecule is COc1ccc(CN2CCN(CC(C)(C)CCNS(=O)(=O)c3cccc4cnccc34)CC2)c(OC)c1OC. The van der Waals surface area contributed by atoms with Crippen LogP contribution in [0.2, 0.25) is 0 Å². The predicted octanol–water partition coefficient (Wildman–Crippen LogP) is 3.77. The minimum atomic E-state index is -3.62. The zero-order valence-electron chi connectivity index (χ0n) is 23.6. The van der Waals surface area contributed by atoms with Gasteiger partial charge >= 0.3 is 0 Å². The molecule has 0 unspecified atom stereocenters. The third-order valence-corrected chi connectivity index (χ3v) is 8.84. The van der Waals surface area contributed by atoms with Crippen molar-refractivity contribution < 1.29 is 22.6 Å². The molecule has 39 heavy (non-hydrogen) atoms. The van der Waals surface area contributed by atoms with E-state index in [0.717, 1.165) is 56.6 Å². The molecule has 0 radical (unpaired) electrons. The molecule has 0 aliphatic carbocycles. The minimum Gasteiger partial charge on any atom is -0.493 e. The van der Waals surface area contributed by atoms with Crippen LogP contribution in [0.25, 0.3) is 10.8 Å². The highest BCUT2D eigenvalue weighted by atomic mass is 32.2. The van der Waals surface area contributed by atoms with Crippen molar-refractivity contribution in [3.05, 3.63) is 54.4 Å². The van der Waals surface area contributed by atoms with Crippen LogP contribution >= 0.6 is 0 Å². The van der Waals surface area contributed by atoms with Crippen molar-refractivity contribution >= 4 is 20.8 Å². The first-order valence-electron chi connectivity index (χ1n) is 13.2. The number of pyridine rings is 1. The highest BCUT2D eigenvalue weighted by Gasteiger charge is 2.27. The number of benzene rings is 2. The topological polar surface area (TPSA) is 93.2 Å². The molecule has 212 valence electrons. The largest absolute Gasteiger partial charge is 0.493 e. The zero-order chi connectivity index (χ0) is 28.0. The van der Waals surface area contributed by atoms with Gasteiger partial charge in [-0.05, 0) is 30.0 Å². The number of fused-ring (bicyclic) bond motifs is 1. The van der Waals surface area contributed by atoms with E-state index in [1.54, 1.807) is 51.9 Å². The Bertz CT molecular complexity index is 1370. The van der Waals surface area contributed by atoms with Gasteiger partial charge in [-0.2, -0.15) is 0 Å². The standard InChI is InChI=1S/C29H40N4O5S/c1-29(2,12-14-31-39(34,35)26-8-6-7-22-19-30-13-11-24(22)26)21-33-17-15-32(16-18-33)20-23-9-10-25(36-3)28(38-5)27(23)37-4/h6-11,13,19,31H,12,14-18,20-21H2,1-5H3. The van der Waals surface area contributed by atoms with Gasteiger partial charge in [0.25, 0.3) is 0 Å². The van der Waals surface area contributed by atoms with E-state index < -0.39 is 10.0 Å². The first kappa shape index (κ1) is 29.1. The number of nitrogens with one attached hydrogen (secondary N) is 1. The Labute approximate surface area is 232 Å². The second-order valence-corrected chi connectivity index (χ2v) is 12.4. The number of aromatic nitrogens is 1. The highest BCUT2D eigenvalue weighted by molar-refractivity contribution is 7.89. The van der Waals surface area contributed by atoms with Crippen molar-refractivity contribution in [1.29, 1.82) is 0 Å². The number of methoxy groups -OCH3 is 3. The number of piperazine rings is 1. The summed E-state index contributed by atoms with van der Waals surface area (Å²) in [5.74, 6) is 1.98. The molecule has 1 aromatic heterocycles. The molecule has 1 saturated heterocycles. The maximum atomic E-state index is 13.1. The number of rotatable bonds is 12. The Morgan fingerprint density at radius 2 is 1.64 bits per heavy atom. The summed E-state index contributed by atoms with van der Waals surface area (Å²) in [6.07, 6.45) is 4.04. The lowest BCUT2D eigenvalue weighted by atomic mass is 9.88. The Kier molecular flexibility index (Phi) is 9.32. The lowest BCUT2D eigenvalue weighted by Gasteiger charge is -2.39. The molecular weight excluding hydrogens is 516 g/mol. The van der Waals surface area contributed by atoms with Crippen LogP contribution in [0.1, 0.15) is 25.8 Å². The number of hydrogen-bond donors (Lipinski definition) is 1. The third kappa shape index (κ3) is 7.00. The normalized spacial score (nSPS) is 15.4. The van der Waals surface area contributed by atoms with E-state index in [1.165, 1.54) is 0 Å². The highest BCUT2D eigenvalue weighted by Crippen LogP contribution is 2.40. The van der Waals surface area contributed by atoms with E-state index in [2.05, 4.69) is 33.4 Å². The van der Waals surface area contributed by atoms with Crippen LogP contribution in [0.4, 0.5) is 0 Å². The maximum absolute atomic E-state index is 13.1. The molecule has 1 fully saturated rings. The molecule has 0 spiro atoms. The molecule has 10 heteroatoms. The third-order valence-electron chi connectivity index (χ3n) is 7.32. The smallest absolute Gasteiger partial charge is 0.241 e. The lowest BCUT2D eigenvalue weighted by Crippen LogP contribution is -2.49. The van der Waals surface area contributed by atoms with Crippen LogP contribution in [0, 0.1) is 5.41 Å². The van der Waals surface area contributed by atoms with E-state index in [1.807, 2.05) is 18.2 Å². The van der Waals surface area contributed by atoms with Crippen LogP contribution < -0.4 is 18.9 Å². The van der Waals surface area contributed by atoms with Gasteiger partial charge in [-0.25, -0.2) is 13.1 Å². The summed E-state index contributed by atoms with van der Waals surface area (Å²) >= 11 is 0. The molecule has 2 aromatic carbocycles. The van der Waals surface area contributed by atoms with Gasteiger partial charge < -0.3 is 19.1 Å². The molecule has 0 saturated carbocycles. The van der Waals surface area contributed by atoms with Gasteiger partial charge in [0.15, 0.2) is 11.5 Å². The fraction of sp³-hybridized carbons (Fsp3) is 0.483. The van der Waals surface area contributed by atoms with Gasteiger partial charge in [0.1, 0.15) is 0 Å². The van der Waals surface area contributed by atoms with Gasteiger partial charge in [0.05, 0.1) is 26.2 Å². The first-order valence-corrected chi connectivity index (χ1v) is 14.7. The van der Waals surface area contributed by atoms with Crippen LogP contribution in [0.15, 0.2) is 53.7 Å². The van der Waals surface area contributed by atoms with E-state index >= 15 is 0 Å². The summed E-state index contributed by atoms with van der Waals surface area (Å²) in [5, 5.41) is 1.49. The average molecular weight is 557 g/mol. The van der Waals surface area contributed by atoms with E-state index in [4.69, 9.17) is 14.2 Å². The fourth-order valence-electron chi connectivity index (χ4n) is 5.25. The number of ether oxygens (including phenoxy) is 3. The number of nitrogens with zero attached hydrogens (tertiary/aromatic N) is 3. The molecule has 0 bridgehead atoms. The summed E-state index contributed by atoms with van der Waals surface area (Å²) in [7, 11) is 1.28. The van der Waals surface area contributed by atoms with Crippen LogP contribution in [0.5, 0.6) is 17.2 Å². The van der Waals surface area contributed by atoms with Crippen molar-refractivity contribution in [2.45, 2.75) is 31.7 Å². The molecule has 3 aromatic rings. The first-order chi connectivity index (χ1) is 18.7. The zero-order valence-corrected chi connectivity index (χ0v) is 24.4. The summed E-state index contributed by atoms with van der Waals surface area (Å²) < 4.78 is 45.5. The second kappa shape index (κ2) is 12.5. The average Bonchev–Trinajstić information content (AvgIpc) is 2.93. The molecule has 2 heterocycles. The lowest BCUT2D eigenvalue weighted by molar-refractivity contribution is 0.0899. The van der Waals surface area contributed by atoms with Gasteiger partial charge in [-0.1, -0.05) is 32.0 Å². The Balaban J connectivity index is 1.28. The van der Waals surface area contributed by atoms with E-state index in [9.17, 15) is 8.42 Å². The fourth-order valence-corrected chi connectivity index (χ4v) is 6.51. The number of sulfonamides is 1. The predicted molar refractivity (Wildman–Crippen MR) is 153 cm³/mol. The van der Waals surface area contributed by atoms with E-state index in [0.29, 0.717) is 34.1 Å². The Morgan fingerprint density at radius 3 is 2.33 bits per heavy atom. The minimum absolute atomic E-state index is 0.0417. The van der Waals surface area contributed by atoms with Crippen molar-refractivity contribution in [3.8, 4) is 17.2 Å². The Hall–Kier alpha value is -2.92. The molecule has 1 aliphatic heterocycles. The van der Waals surface area contributed by atoms with Gasteiger partial charge in [-0.3, -0.25) is 9.88 Å². The van der Waals surface area contributed by atoms with Crippen molar-refractivity contribution in [2.75, 3.05) is 60.6 Å². The maximum Gasteiger partial charge on any atom is 0.241 e. The molecular formula is C29H40N4O5S. The quantitative estimate of drug-likeness (QED) is 0.360. The summed E-state index contributed by atoms with van der Waals surface area (Å²) in [4.78, 5) is 9.27. The molecule has 4 rings (SSSR count). The number of hydrogen-bond acceptors (Lipinski definition) is 8. The Morgan fingerprint density at radius 1 is 0.923 bits per heavy atom. The summed E-state index contributed by atoms with van der Waals surface area (Å²) in [6.45, 7) is 10.2. The monoisotopic (exact) mass is 556 g/mol. The molecule has 9 nitrogen and oxygen atoms in total. The van der Waals surface area contributed by atoms with E-state index in [-0.39, 0.29) is 5.41 Å². The van der Waals surface area contributed by atoms with Crippen LogP contribution in [0.3, 0.4) is 0 Å². The summed E-state index contributed by atoms with van der Waals surface area (Å²) in [5.41, 5.74) is 1.03. The second-order valence-electron chi connectivity index (χ2n) is 10.7.